The number of hydrogen-bond donors (Lipinski definition) is 0. The van der Waals surface area contributed by atoms with E-state index in [1.807, 2.05) is 0 Å². The molecule has 0 saturated heterocycles. The summed E-state index contributed by atoms with van der Waals surface area (Å²) in [6.45, 7) is 13.4. The average Bonchev–Trinajstić information content (AvgIpc) is 2.24. The van der Waals surface area contributed by atoms with Crippen LogP contribution in [0.25, 0.3) is 0 Å². The second kappa shape index (κ2) is 6.06. The molecule has 4 unspecified atom stereocenters. The molecule has 18 heavy (non-hydrogen) atoms. The lowest BCUT2D eigenvalue weighted by atomic mass is 9.79. The minimum Gasteiger partial charge on any atom is -0.240 e. The van der Waals surface area contributed by atoms with Crippen molar-refractivity contribution in [3.63, 3.8) is 0 Å². The maximum absolute atomic E-state index is 4.58. The summed E-state index contributed by atoms with van der Waals surface area (Å²) in [6, 6.07) is 0. The van der Waals surface area contributed by atoms with Crippen molar-refractivity contribution in [3.8, 4) is 0 Å². The highest BCUT2D eigenvalue weighted by atomic mass is 32.6. The Hall–Kier alpha value is 0.800. The van der Waals surface area contributed by atoms with Crippen LogP contribution in [0.15, 0.2) is 6.33 Å². The quantitative estimate of drug-likeness (QED) is 0.757. The first-order valence-electron chi connectivity index (χ1n) is 5.96. The van der Waals surface area contributed by atoms with E-state index in [4.69, 9.17) is 0 Å². The zero-order valence-electron chi connectivity index (χ0n) is 12.1. The molecule has 0 aromatic carbocycles. The number of aromatic nitrogens is 2. The zero-order valence-corrected chi connectivity index (χ0v) is 16.3. The van der Waals surface area contributed by atoms with Crippen LogP contribution in [0.1, 0.15) is 52.8 Å². The molecule has 0 spiro atoms. The van der Waals surface area contributed by atoms with Crippen molar-refractivity contribution in [1.29, 1.82) is 0 Å². The van der Waals surface area contributed by atoms with Crippen molar-refractivity contribution in [3.05, 3.63) is 17.6 Å². The van der Waals surface area contributed by atoms with E-state index in [1.54, 1.807) is 6.33 Å². The predicted octanol–water partition coefficient (Wildman–Crippen LogP) is 4.35. The molecular weight excluding hydrogens is 296 g/mol. The molecule has 0 aliphatic carbocycles. The van der Waals surface area contributed by atoms with Crippen LogP contribution in [0.3, 0.4) is 0 Å². The lowest BCUT2D eigenvalue weighted by Crippen LogP contribution is -2.31. The van der Waals surface area contributed by atoms with E-state index < -0.39 is 0 Å². The standard InChI is InChI=1S/C12H24N2P4/c1-11(2,3)8-9(12(4,5)6)13-7-14-10(8)18(16)17-15/h7,17H,15-16H2,1-6H3. The molecule has 0 saturated carbocycles. The molecule has 0 fully saturated rings. The van der Waals surface area contributed by atoms with Crippen molar-refractivity contribution >= 4 is 38.5 Å². The van der Waals surface area contributed by atoms with Crippen LogP contribution in [0.4, 0.5) is 0 Å². The van der Waals surface area contributed by atoms with Gasteiger partial charge in [-0.05, 0) is 12.7 Å². The normalized spacial score (nSPS) is 15.3. The summed E-state index contributed by atoms with van der Waals surface area (Å²) < 4.78 is 0. The summed E-state index contributed by atoms with van der Waals surface area (Å²) in [5.74, 6) is 0. The minimum absolute atomic E-state index is 0.0607. The van der Waals surface area contributed by atoms with Gasteiger partial charge >= 0.3 is 0 Å². The predicted molar refractivity (Wildman–Crippen MR) is 93.7 cm³/mol. The molecule has 0 aliphatic heterocycles. The van der Waals surface area contributed by atoms with Gasteiger partial charge in [-0.15, -0.1) is 17.9 Å². The van der Waals surface area contributed by atoms with Crippen LogP contribution < -0.4 is 5.44 Å². The van der Waals surface area contributed by atoms with Crippen molar-refractivity contribution < 1.29 is 0 Å². The Kier molecular flexibility index (Phi) is 5.67. The van der Waals surface area contributed by atoms with Gasteiger partial charge in [0.2, 0.25) is 0 Å². The molecule has 0 N–H and O–H groups in total. The van der Waals surface area contributed by atoms with Crippen molar-refractivity contribution in [2.45, 2.75) is 52.4 Å². The summed E-state index contributed by atoms with van der Waals surface area (Å²) in [5.41, 5.74) is 3.92. The molecule has 1 rings (SSSR count). The van der Waals surface area contributed by atoms with Crippen LogP contribution in [-0.2, 0) is 10.8 Å². The van der Waals surface area contributed by atoms with Gasteiger partial charge in [0.1, 0.15) is 6.33 Å². The first-order chi connectivity index (χ1) is 8.09. The second-order valence-corrected chi connectivity index (χ2v) is 15.5. The third-order valence-corrected chi connectivity index (χ3v) is 12.5. The molecule has 0 radical (unpaired) electrons. The van der Waals surface area contributed by atoms with Gasteiger partial charge in [-0.2, -0.15) is 0 Å². The third kappa shape index (κ3) is 3.90. The van der Waals surface area contributed by atoms with E-state index in [1.165, 1.54) is 16.7 Å². The van der Waals surface area contributed by atoms with Gasteiger partial charge in [0.15, 0.2) is 0 Å². The highest BCUT2D eigenvalue weighted by Crippen LogP contribution is 2.65. The summed E-state index contributed by atoms with van der Waals surface area (Å²) in [6.07, 6.45) is 1.73. The Bertz CT molecular complexity index is 421. The van der Waals surface area contributed by atoms with E-state index in [0.717, 1.165) is 7.96 Å². The van der Waals surface area contributed by atoms with Crippen molar-refractivity contribution in [1.82, 2.24) is 9.97 Å². The number of rotatable bonds is 2. The zero-order chi connectivity index (χ0) is 14.1. The van der Waals surface area contributed by atoms with E-state index in [0.29, 0.717) is 0 Å². The molecule has 0 aliphatic rings. The van der Waals surface area contributed by atoms with Gasteiger partial charge in [-0.1, -0.05) is 49.5 Å². The van der Waals surface area contributed by atoms with Gasteiger partial charge in [0.25, 0.3) is 0 Å². The van der Waals surface area contributed by atoms with Crippen LogP contribution >= 0.6 is 33.1 Å². The first kappa shape index (κ1) is 16.9. The molecule has 0 amide bonds. The van der Waals surface area contributed by atoms with Crippen LogP contribution in [0.5, 0.6) is 0 Å². The second-order valence-electron chi connectivity index (χ2n) is 6.42. The van der Waals surface area contributed by atoms with Gasteiger partial charge in [0, 0.05) is 11.0 Å². The Morgan fingerprint density at radius 3 is 2.00 bits per heavy atom. The maximum Gasteiger partial charge on any atom is 0.116 e. The Labute approximate surface area is 119 Å². The fourth-order valence-electron chi connectivity index (χ4n) is 1.88. The Morgan fingerprint density at radius 1 is 1.06 bits per heavy atom. The molecule has 6 heteroatoms. The molecule has 102 valence electrons. The van der Waals surface area contributed by atoms with E-state index in [-0.39, 0.29) is 18.1 Å². The van der Waals surface area contributed by atoms with Gasteiger partial charge in [-0.3, -0.25) is 0 Å². The van der Waals surface area contributed by atoms with E-state index in [9.17, 15) is 0 Å². The van der Waals surface area contributed by atoms with Crippen molar-refractivity contribution in [2.24, 2.45) is 0 Å². The summed E-state index contributed by atoms with van der Waals surface area (Å²) in [5, 5.41) is 0. The van der Waals surface area contributed by atoms with E-state index in [2.05, 4.69) is 69.4 Å². The highest BCUT2D eigenvalue weighted by Gasteiger charge is 2.31. The minimum atomic E-state index is -0.266. The largest absolute Gasteiger partial charge is 0.240 e. The number of hydrogen-bond acceptors (Lipinski definition) is 2. The summed E-state index contributed by atoms with van der Waals surface area (Å²) in [4.78, 5) is 9.16. The average molecular weight is 320 g/mol. The van der Waals surface area contributed by atoms with Gasteiger partial charge in [0.05, 0.1) is 11.1 Å². The van der Waals surface area contributed by atoms with Crippen LogP contribution in [0.2, 0.25) is 0 Å². The maximum atomic E-state index is 4.58. The smallest absolute Gasteiger partial charge is 0.116 e. The van der Waals surface area contributed by atoms with Gasteiger partial charge < -0.3 is 0 Å². The molecule has 2 nitrogen and oxygen atoms in total. The van der Waals surface area contributed by atoms with Gasteiger partial charge in [-0.25, -0.2) is 9.97 Å². The highest BCUT2D eigenvalue weighted by molar-refractivity contribution is 8.63. The van der Waals surface area contributed by atoms with Crippen LogP contribution in [0, 0.1) is 0 Å². The Balaban J connectivity index is 3.56. The van der Waals surface area contributed by atoms with E-state index >= 15 is 0 Å². The fourth-order valence-corrected chi connectivity index (χ4v) is 5.42. The molecule has 4 atom stereocenters. The molecule has 1 aromatic heterocycles. The fraction of sp³-hybridized carbons (Fsp3) is 0.667. The lowest BCUT2D eigenvalue weighted by molar-refractivity contribution is 0.514. The third-order valence-electron chi connectivity index (χ3n) is 2.65. The topological polar surface area (TPSA) is 25.8 Å². The number of nitrogens with zero attached hydrogens (tertiary/aromatic N) is 2. The monoisotopic (exact) mass is 320 g/mol. The molecule has 1 aromatic rings. The molecule has 0 bridgehead atoms. The summed E-state index contributed by atoms with van der Waals surface area (Å²) >= 11 is 0. The lowest BCUT2D eigenvalue weighted by Gasteiger charge is -2.31. The van der Waals surface area contributed by atoms with Crippen LogP contribution in [-0.4, -0.2) is 9.97 Å². The van der Waals surface area contributed by atoms with Crippen molar-refractivity contribution in [2.75, 3.05) is 0 Å². The summed E-state index contributed by atoms with van der Waals surface area (Å²) in [7, 11) is 6.38. The SMILES string of the molecule is CC(C)(C)c1ncnc(P(P)PP)c1C(C)(C)C. The first-order valence-corrected chi connectivity index (χ1v) is 12.6. The Morgan fingerprint density at radius 2 is 1.61 bits per heavy atom. The molecule has 1 heterocycles. The molecular formula is C12H24N2P4.